The normalized spacial score (nSPS) is 16.5. The molecule has 0 radical (unpaired) electrons. The van der Waals surface area contributed by atoms with Gasteiger partial charge in [-0.1, -0.05) is 78.1 Å². The maximum absolute atomic E-state index is 11.6. The van der Waals surface area contributed by atoms with Crippen molar-refractivity contribution in [1.29, 1.82) is 25.3 Å². The number of nitrogens with zero attached hydrogens (tertiary/aromatic N) is 28. The topological polar surface area (TPSA) is 595 Å². The third kappa shape index (κ3) is 23.8. The summed E-state index contributed by atoms with van der Waals surface area (Å²) in [4.78, 5) is 66.7. The Balaban J connectivity index is 0.000000137. The van der Waals surface area contributed by atoms with Gasteiger partial charge in [0.25, 0.3) is 5.91 Å². The highest BCUT2D eigenvalue weighted by Crippen LogP contribution is 2.43. The fourth-order valence-corrected chi connectivity index (χ4v) is 21.2. The van der Waals surface area contributed by atoms with E-state index < -0.39 is 37.4 Å². The molecule has 0 spiro atoms. The minimum Gasteiger partial charge on any atom is -0.367 e. The summed E-state index contributed by atoms with van der Waals surface area (Å²) in [6.07, 6.45) is 51.2. The molecule has 0 aliphatic heterocycles. The van der Waals surface area contributed by atoms with Crippen molar-refractivity contribution in [3.8, 4) is 74.5 Å². The highest BCUT2D eigenvalue weighted by Gasteiger charge is 2.34. The Morgan fingerprint density at radius 1 is 0.432 bits per heavy atom. The number of nitrogens with two attached hydrogens (primary N) is 2. The van der Waals surface area contributed by atoms with Crippen LogP contribution in [0.4, 0.5) is 17.8 Å². The number of anilines is 3. The zero-order valence-electron chi connectivity index (χ0n) is 78.3. The van der Waals surface area contributed by atoms with Crippen LogP contribution in [-0.4, -0.2) is 172 Å². The summed E-state index contributed by atoms with van der Waals surface area (Å²) in [5.74, 6) is 2.96. The summed E-state index contributed by atoms with van der Waals surface area (Å²) in [6, 6.07) is 27.0. The minimum absolute atomic E-state index is 0.0338. The largest absolute Gasteiger partial charge is 0.373 e. The predicted molar refractivity (Wildman–Crippen MR) is 513 cm³/mol. The number of rotatable bonds is 27. The first-order valence-electron chi connectivity index (χ1n) is 46.7. The SMILES string of the molecule is CCC(C1CCCC1)n1cc(-c2nc(CS(=N)(=O)O)nn3cccc23)cn1.CCC(C1CCCC1)n1cc(-c2nc(NC)nn3cccc23)cn1.CNc1nc(-c2cnn(C(CC#N)C3CCCC3)c2)c2ccc(C)n2n1.Cc1ccc2c(-c3cnn(C(CC#N)C4CCCC4)c3)nc(CS(=N)(=O)O)nn12.N#CCC(C1CCCC1)n1cc(-c2nc(N)nn3c(C(N)=O)ccc23)cn1.O=C=O.O=C=O. The molecule has 0 saturated heterocycles. The maximum atomic E-state index is 11.6. The number of hydrogen-bond donors (Lipinski definition) is 8. The molecule has 5 aliphatic carbocycles. The first kappa shape index (κ1) is 100. The third-order valence-corrected chi connectivity index (χ3v) is 28.0. The van der Waals surface area contributed by atoms with Gasteiger partial charge in [0.1, 0.15) is 45.7 Å². The van der Waals surface area contributed by atoms with Gasteiger partial charge in [-0.2, -0.15) is 70.7 Å². The molecule has 139 heavy (non-hydrogen) atoms. The van der Waals surface area contributed by atoms with E-state index in [1.807, 2.05) is 148 Å². The summed E-state index contributed by atoms with van der Waals surface area (Å²) in [5.41, 5.74) is 25.5. The molecule has 5 fully saturated rings. The number of carbonyl (C=O) groups is 1. The average Bonchev–Trinajstić information content (AvgIpc) is 1.64. The standard InChI is InChI=1S/C19H23N7O2S.C19H23N7.C18H20N8O.C18H24N6O2S.C18H24N6.2CO2/c1-13-6-7-17-19(23-18(24-26(13)17)12-29(21,27)28)15-10-22-25(11-15)16(8-9-20)14-4-2-3-5-14;1-13-7-8-17-18(23-19(21-2)24-26(13)17)15-11-22-25(12-15)16(9-10-20)14-5-3-4-6-14;19-8-7-13(11-3-1-2-4-11)25-10-12(9-22-25)16-14-5-6-15(17(20)27)26(14)24-18(21)23-16;1-2-15(13-6-3-4-7-13)24-11-14(10-20-24)18-16-8-5-9-23(16)22-17(21-18)12-27(19,25)26;1-3-15(13-7-4-5-8-13)24-12-14(11-20-24)17-16-9-6-10-23(16)22-18(19-2)21-17;2*2-1-3/h6-7,10-11,14,16H,2-5,8,12H2,1H3,(H2,21,27,28);7-8,11-12,14,16H,3-6,9H2,1-2H3,(H,21,24);5-6,9-11,13H,1-4,7H2,(H2,20,27)(H2,21,24);5,8-11,13,15H,2-4,6-7,12H2,1H3,(H2,19,25,26);6,9-13,15H,3-5,7-8H2,1-2H3,(H,19,22);;. The quantitative estimate of drug-likeness (QED) is 0.0237. The van der Waals surface area contributed by atoms with Crippen molar-refractivity contribution in [2.24, 2.45) is 35.3 Å². The van der Waals surface area contributed by atoms with Gasteiger partial charge in [-0.05, 0) is 181 Å². The molecule has 15 aromatic rings. The van der Waals surface area contributed by atoms with Gasteiger partial charge < -0.3 is 31.2 Å². The van der Waals surface area contributed by atoms with Crippen LogP contribution in [0, 0.1) is 87.0 Å². The Kier molecular flexibility index (Phi) is 33.0. The monoisotopic (exact) mass is 1930 g/mol. The van der Waals surface area contributed by atoms with Gasteiger partial charge in [-0.25, -0.2) is 65.5 Å². The van der Waals surface area contributed by atoms with E-state index in [-0.39, 0.29) is 53.7 Å². The van der Waals surface area contributed by atoms with Crippen LogP contribution in [0.5, 0.6) is 0 Å². The summed E-state index contributed by atoms with van der Waals surface area (Å²) < 4.78 is 74.8. The molecular formula is C94H114N34O9S2. The lowest BCUT2D eigenvalue weighted by Crippen LogP contribution is -2.17. The first-order chi connectivity index (χ1) is 67.2. The summed E-state index contributed by atoms with van der Waals surface area (Å²) in [7, 11) is -3.82. The van der Waals surface area contributed by atoms with Crippen molar-refractivity contribution >= 4 is 83.7 Å². The van der Waals surface area contributed by atoms with Gasteiger partial charge >= 0.3 is 12.3 Å². The van der Waals surface area contributed by atoms with Crippen molar-refractivity contribution in [3.63, 3.8) is 0 Å². The lowest BCUT2D eigenvalue weighted by molar-refractivity contribution is -0.193. The molecule has 43 nitrogen and oxygen atoms in total. The molecule has 10 N–H and O–H groups in total. The van der Waals surface area contributed by atoms with Crippen molar-refractivity contribution in [1.82, 2.24) is 122 Å². The fraction of sp³-hybridized carbons (Fsp3) is 0.457. The van der Waals surface area contributed by atoms with Crippen LogP contribution in [0.3, 0.4) is 0 Å². The lowest BCUT2D eigenvalue weighted by atomic mass is 9.96. The Morgan fingerprint density at radius 2 is 0.734 bits per heavy atom. The molecule has 1 amide bonds. The van der Waals surface area contributed by atoms with E-state index >= 15 is 0 Å². The molecule has 15 aromatic heterocycles. The Morgan fingerprint density at radius 3 is 1.09 bits per heavy atom. The summed E-state index contributed by atoms with van der Waals surface area (Å²) in [5, 5.41) is 78.4. The van der Waals surface area contributed by atoms with E-state index in [0.29, 0.717) is 89.5 Å². The smallest absolute Gasteiger partial charge is 0.367 e. The van der Waals surface area contributed by atoms with Gasteiger partial charge in [0.2, 0.25) is 17.8 Å². The number of nitrogen functional groups attached to an aromatic ring is 1. The number of fused-ring (bicyclic) bond motifs is 5. The number of primary amides is 1. The number of hydrogen-bond acceptors (Lipinski definition) is 30. The molecule has 5 aliphatic rings. The molecule has 15 heterocycles. The van der Waals surface area contributed by atoms with Gasteiger partial charge in [-0.15, -0.1) is 15.3 Å². The van der Waals surface area contributed by atoms with E-state index in [4.69, 9.17) is 40.2 Å². The van der Waals surface area contributed by atoms with E-state index in [9.17, 15) is 38.1 Å². The molecule has 726 valence electrons. The van der Waals surface area contributed by atoms with Crippen molar-refractivity contribution in [2.75, 3.05) is 30.5 Å². The van der Waals surface area contributed by atoms with Crippen LogP contribution < -0.4 is 22.1 Å². The van der Waals surface area contributed by atoms with E-state index in [0.717, 1.165) is 117 Å². The molecule has 20 rings (SSSR count). The zero-order chi connectivity index (χ0) is 98.6. The summed E-state index contributed by atoms with van der Waals surface area (Å²) in [6.45, 7) is 8.37. The van der Waals surface area contributed by atoms with Crippen LogP contribution in [0.1, 0.15) is 238 Å². The van der Waals surface area contributed by atoms with Crippen molar-refractivity contribution < 1.29 is 41.5 Å². The number of nitriles is 3. The number of nitrogens with one attached hydrogen (secondary N) is 4. The second kappa shape index (κ2) is 45.8. The van der Waals surface area contributed by atoms with E-state index in [2.05, 4.69) is 129 Å². The molecule has 7 unspecified atom stereocenters. The zero-order valence-corrected chi connectivity index (χ0v) is 79.9. The molecule has 7 atom stereocenters. The van der Waals surface area contributed by atoms with E-state index in [1.54, 1.807) is 46.0 Å². The predicted octanol–water partition coefficient (Wildman–Crippen LogP) is 15.4. The molecule has 0 aromatic carbocycles. The van der Waals surface area contributed by atoms with Gasteiger partial charge in [-0.3, -0.25) is 28.2 Å². The van der Waals surface area contributed by atoms with Gasteiger partial charge in [0.05, 0.1) is 126 Å². The maximum Gasteiger partial charge on any atom is 0.373 e. The van der Waals surface area contributed by atoms with Crippen molar-refractivity contribution in [3.05, 3.63) is 164 Å². The summed E-state index contributed by atoms with van der Waals surface area (Å²) >= 11 is 0. The fourth-order valence-electron chi connectivity index (χ4n) is 20.3. The number of amides is 1. The second-order valence-electron chi connectivity index (χ2n) is 35.5. The molecule has 5 saturated carbocycles. The Labute approximate surface area is 801 Å². The van der Waals surface area contributed by atoms with Crippen LogP contribution >= 0.6 is 0 Å². The lowest BCUT2D eigenvalue weighted by Gasteiger charge is -2.22. The van der Waals surface area contributed by atoms with Crippen LogP contribution in [0.15, 0.2) is 135 Å². The van der Waals surface area contributed by atoms with Crippen LogP contribution in [0.2, 0.25) is 0 Å². The van der Waals surface area contributed by atoms with Gasteiger partial charge in [0.15, 0.2) is 31.7 Å². The first-order valence-corrected chi connectivity index (χ1v) is 50.1. The van der Waals surface area contributed by atoms with Crippen LogP contribution in [-0.2, 0) is 50.7 Å². The average molecular weight is 1930 g/mol. The number of carbonyl (C=O) groups excluding carboxylic acids is 5. The van der Waals surface area contributed by atoms with Gasteiger partial charge in [0, 0.05) is 96.7 Å². The Bertz CT molecular complexity index is 7200. The molecule has 45 heteroatoms. The van der Waals surface area contributed by atoms with Crippen LogP contribution in [0.25, 0.3) is 83.9 Å². The second-order valence-corrected chi connectivity index (χ2v) is 38.6. The van der Waals surface area contributed by atoms with E-state index in [1.165, 1.54) is 107 Å². The third-order valence-electron chi connectivity index (χ3n) is 26.7. The Hall–Kier alpha value is -14.9. The highest BCUT2D eigenvalue weighted by molar-refractivity contribution is 7.86. The van der Waals surface area contributed by atoms with Crippen molar-refractivity contribution in [2.45, 2.75) is 230 Å². The molecule has 0 bridgehead atoms. The number of aryl methyl sites for hydroxylation is 2. The minimum atomic E-state index is -3.76. The number of aromatic nitrogens is 25. The highest BCUT2D eigenvalue weighted by atomic mass is 32.2. The molecular weight excluding hydrogens is 1810 g/mol.